The van der Waals surface area contributed by atoms with E-state index in [0.29, 0.717) is 30.4 Å². The van der Waals surface area contributed by atoms with Gasteiger partial charge in [0.05, 0.1) is 12.3 Å². The van der Waals surface area contributed by atoms with Gasteiger partial charge in [0.25, 0.3) is 0 Å². The molecule has 0 spiro atoms. The third-order valence-corrected chi connectivity index (χ3v) is 3.63. The molecule has 25 heavy (non-hydrogen) atoms. The topological polar surface area (TPSA) is 64.3 Å². The molecular weight excluding hydrogens is 319 g/mol. The Morgan fingerprint density at radius 3 is 2.64 bits per heavy atom. The highest BCUT2D eigenvalue weighted by molar-refractivity contribution is 5.67. The number of nitrogens with two attached hydrogens (primary N) is 1. The summed E-state index contributed by atoms with van der Waals surface area (Å²) in [7, 11) is 0. The van der Waals surface area contributed by atoms with Gasteiger partial charge in [-0.15, -0.1) is 0 Å². The van der Waals surface area contributed by atoms with Crippen LogP contribution in [0.1, 0.15) is 12.5 Å². The number of rotatable bonds is 6. The van der Waals surface area contributed by atoms with Gasteiger partial charge >= 0.3 is 0 Å². The molecule has 0 bridgehead atoms. The molecule has 3 rings (SSSR count). The zero-order chi connectivity index (χ0) is 17.6. The van der Waals surface area contributed by atoms with E-state index in [4.69, 9.17) is 10.5 Å². The van der Waals surface area contributed by atoms with E-state index in [1.165, 1.54) is 12.1 Å². The van der Waals surface area contributed by atoms with Crippen LogP contribution in [0.2, 0.25) is 0 Å². The average Bonchev–Trinajstić information content (AvgIpc) is 2.61. The van der Waals surface area contributed by atoms with E-state index in [-0.39, 0.29) is 11.8 Å². The molecule has 0 saturated carbocycles. The molecule has 0 aliphatic rings. The van der Waals surface area contributed by atoms with Crippen LogP contribution in [0.25, 0.3) is 0 Å². The van der Waals surface area contributed by atoms with E-state index in [2.05, 4.69) is 9.97 Å². The first-order valence-electron chi connectivity index (χ1n) is 7.99. The predicted molar refractivity (Wildman–Crippen MR) is 96.3 cm³/mol. The molecule has 0 atom stereocenters. The van der Waals surface area contributed by atoms with Gasteiger partial charge in [0.1, 0.15) is 17.4 Å². The van der Waals surface area contributed by atoms with Crippen molar-refractivity contribution in [2.24, 2.45) is 0 Å². The van der Waals surface area contributed by atoms with Gasteiger partial charge in [0.2, 0.25) is 5.95 Å². The molecule has 5 nitrogen and oxygen atoms in total. The molecular formula is C19H19FN4O. The number of nitrogens with zero attached hydrogens (tertiary/aromatic N) is 3. The molecule has 128 valence electrons. The largest absolute Gasteiger partial charge is 0.492 e. The summed E-state index contributed by atoms with van der Waals surface area (Å²) in [5.74, 6) is 0.893. The summed E-state index contributed by atoms with van der Waals surface area (Å²) in [5.41, 5.74) is 7.54. The quantitative estimate of drug-likeness (QED) is 0.737. The number of benzene rings is 2. The molecule has 1 aromatic heterocycles. The third-order valence-electron chi connectivity index (χ3n) is 3.63. The summed E-state index contributed by atoms with van der Waals surface area (Å²) in [5, 5.41) is 0. The van der Waals surface area contributed by atoms with Crippen LogP contribution in [0.15, 0.2) is 60.8 Å². The van der Waals surface area contributed by atoms with Crippen molar-refractivity contribution in [2.75, 3.05) is 17.2 Å². The molecule has 0 aliphatic carbocycles. The fourth-order valence-electron chi connectivity index (χ4n) is 2.55. The normalized spacial score (nSPS) is 10.5. The first kappa shape index (κ1) is 16.7. The van der Waals surface area contributed by atoms with Crippen molar-refractivity contribution >= 4 is 17.5 Å². The summed E-state index contributed by atoms with van der Waals surface area (Å²) < 4.78 is 19.3. The van der Waals surface area contributed by atoms with E-state index in [0.717, 1.165) is 5.56 Å². The van der Waals surface area contributed by atoms with Gasteiger partial charge in [-0.2, -0.15) is 4.98 Å². The lowest BCUT2D eigenvalue weighted by molar-refractivity contribution is 0.339. The van der Waals surface area contributed by atoms with Crippen LogP contribution >= 0.6 is 0 Å². The minimum absolute atomic E-state index is 0.177. The van der Waals surface area contributed by atoms with Crippen molar-refractivity contribution in [2.45, 2.75) is 13.5 Å². The first-order valence-corrected chi connectivity index (χ1v) is 7.99. The zero-order valence-electron chi connectivity index (χ0n) is 13.9. The Labute approximate surface area is 145 Å². The summed E-state index contributed by atoms with van der Waals surface area (Å²) in [6.07, 6.45) is 1.60. The summed E-state index contributed by atoms with van der Waals surface area (Å²) in [4.78, 5) is 10.2. The van der Waals surface area contributed by atoms with E-state index in [9.17, 15) is 4.39 Å². The fourth-order valence-corrected chi connectivity index (χ4v) is 2.55. The van der Waals surface area contributed by atoms with Crippen LogP contribution in [-0.4, -0.2) is 16.6 Å². The smallest absolute Gasteiger partial charge is 0.221 e. The van der Waals surface area contributed by atoms with E-state index in [1.54, 1.807) is 18.3 Å². The summed E-state index contributed by atoms with van der Waals surface area (Å²) in [6.45, 7) is 2.82. The highest BCUT2D eigenvalue weighted by atomic mass is 19.1. The SMILES string of the molecule is CCOc1cc(F)ccc1N(Cc1ccccc1)c1ccnc(N)n1. The minimum Gasteiger partial charge on any atom is -0.492 e. The molecule has 0 fully saturated rings. The van der Waals surface area contributed by atoms with Crippen LogP contribution < -0.4 is 15.4 Å². The maximum absolute atomic E-state index is 13.7. The molecule has 2 aromatic carbocycles. The van der Waals surface area contributed by atoms with Crippen molar-refractivity contribution in [3.05, 3.63) is 72.2 Å². The maximum atomic E-state index is 13.7. The molecule has 6 heteroatoms. The lowest BCUT2D eigenvalue weighted by Gasteiger charge is -2.26. The second-order valence-corrected chi connectivity index (χ2v) is 5.39. The number of ether oxygens (including phenoxy) is 1. The number of hydrogen-bond donors (Lipinski definition) is 1. The van der Waals surface area contributed by atoms with Crippen LogP contribution in [0.3, 0.4) is 0 Å². The lowest BCUT2D eigenvalue weighted by Crippen LogP contribution is -2.19. The standard InChI is InChI=1S/C19H19FN4O/c1-2-25-17-12-15(20)8-9-16(17)24(13-14-6-4-3-5-7-14)18-10-11-22-19(21)23-18/h3-12H,2,13H2,1H3,(H2,21,22,23). The van der Waals surface area contributed by atoms with Crippen molar-refractivity contribution < 1.29 is 9.13 Å². The monoisotopic (exact) mass is 338 g/mol. The Kier molecular flexibility index (Phi) is 5.09. The fraction of sp³-hybridized carbons (Fsp3) is 0.158. The van der Waals surface area contributed by atoms with Crippen molar-refractivity contribution in [1.82, 2.24) is 9.97 Å². The number of nitrogen functional groups attached to an aromatic ring is 1. The second kappa shape index (κ2) is 7.61. The van der Waals surface area contributed by atoms with Crippen LogP contribution in [0.5, 0.6) is 5.75 Å². The minimum atomic E-state index is -0.353. The Balaban J connectivity index is 2.08. The van der Waals surface area contributed by atoms with E-state index >= 15 is 0 Å². The Bertz CT molecular complexity index is 842. The lowest BCUT2D eigenvalue weighted by atomic mass is 10.2. The molecule has 3 aromatic rings. The number of hydrogen-bond acceptors (Lipinski definition) is 5. The second-order valence-electron chi connectivity index (χ2n) is 5.39. The molecule has 0 unspecified atom stereocenters. The first-order chi connectivity index (χ1) is 12.2. The summed E-state index contributed by atoms with van der Waals surface area (Å²) in [6, 6.07) is 16.1. The Morgan fingerprint density at radius 1 is 1.12 bits per heavy atom. The number of aromatic nitrogens is 2. The van der Waals surface area contributed by atoms with Crippen LogP contribution in [0.4, 0.5) is 21.8 Å². The Morgan fingerprint density at radius 2 is 1.92 bits per heavy atom. The van der Waals surface area contributed by atoms with E-state index < -0.39 is 0 Å². The van der Waals surface area contributed by atoms with Gasteiger partial charge in [0, 0.05) is 18.8 Å². The highest BCUT2D eigenvalue weighted by Gasteiger charge is 2.17. The van der Waals surface area contributed by atoms with Crippen molar-refractivity contribution in [3.63, 3.8) is 0 Å². The molecule has 0 aliphatic heterocycles. The van der Waals surface area contributed by atoms with Gasteiger partial charge in [-0.1, -0.05) is 30.3 Å². The van der Waals surface area contributed by atoms with Gasteiger partial charge < -0.3 is 15.4 Å². The number of halogens is 1. The summed E-state index contributed by atoms with van der Waals surface area (Å²) >= 11 is 0. The number of anilines is 3. The van der Waals surface area contributed by atoms with Crippen LogP contribution in [0, 0.1) is 5.82 Å². The van der Waals surface area contributed by atoms with Gasteiger partial charge in [-0.05, 0) is 30.7 Å². The molecule has 0 saturated heterocycles. The van der Waals surface area contributed by atoms with Crippen LogP contribution in [-0.2, 0) is 6.54 Å². The molecule has 1 heterocycles. The van der Waals surface area contributed by atoms with E-state index in [1.807, 2.05) is 42.2 Å². The zero-order valence-corrected chi connectivity index (χ0v) is 13.9. The van der Waals surface area contributed by atoms with Gasteiger partial charge in [-0.25, -0.2) is 9.37 Å². The third kappa shape index (κ3) is 4.03. The average molecular weight is 338 g/mol. The molecule has 0 amide bonds. The Hall–Kier alpha value is -3.15. The molecule has 0 radical (unpaired) electrons. The van der Waals surface area contributed by atoms with Gasteiger partial charge in [0.15, 0.2) is 0 Å². The maximum Gasteiger partial charge on any atom is 0.221 e. The molecule has 2 N–H and O–H groups in total. The van der Waals surface area contributed by atoms with Crippen molar-refractivity contribution in [3.8, 4) is 5.75 Å². The highest BCUT2D eigenvalue weighted by Crippen LogP contribution is 2.35. The van der Waals surface area contributed by atoms with Gasteiger partial charge in [-0.3, -0.25) is 0 Å². The predicted octanol–water partition coefficient (Wildman–Crippen LogP) is 3.93. The van der Waals surface area contributed by atoms with Crippen molar-refractivity contribution in [1.29, 1.82) is 0 Å².